The lowest BCUT2D eigenvalue weighted by Crippen LogP contribution is -2.29. The summed E-state index contributed by atoms with van der Waals surface area (Å²) in [5.41, 5.74) is 0.818. The summed E-state index contributed by atoms with van der Waals surface area (Å²) in [5.74, 6) is 1.36. The average molecular weight is 255 g/mol. The molecule has 0 fully saturated rings. The van der Waals surface area contributed by atoms with Crippen LogP contribution >= 0.6 is 11.8 Å². The molecule has 2 unspecified atom stereocenters. The number of benzene rings is 1. The number of aromatic hydroxyl groups is 2. The van der Waals surface area contributed by atoms with E-state index in [-0.39, 0.29) is 17.5 Å². The SMILES string of the molecule is CSCCC(C)NC(C)c1ccc(O)cc1O. The standard InChI is InChI=1S/C13H21NO2S/c1-9(6-7-17-3)14-10(2)12-5-4-11(15)8-13(12)16/h4-5,8-10,14-16H,6-7H2,1-3H3. The Balaban J connectivity index is 2.60. The molecule has 96 valence electrons. The van der Waals surface area contributed by atoms with Crippen LogP contribution in [0, 0.1) is 0 Å². The summed E-state index contributed by atoms with van der Waals surface area (Å²) < 4.78 is 0. The Labute approximate surface area is 107 Å². The Kier molecular flexibility index (Phi) is 5.65. The lowest BCUT2D eigenvalue weighted by molar-refractivity contribution is 0.422. The molecule has 1 aromatic rings. The first-order valence-electron chi connectivity index (χ1n) is 5.81. The van der Waals surface area contributed by atoms with Gasteiger partial charge in [-0.05, 0) is 38.3 Å². The summed E-state index contributed by atoms with van der Waals surface area (Å²) in [6.07, 6.45) is 3.20. The molecule has 1 rings (SSSR count). The molecule has 0 saturated heterocycles. The fraction of sp³-hybridized carbons (Fsp3) is 0.538. The fourth-order valence-corrected chi connectivity index (χ4v) is 2.38. The van der Waals surface area contributed by atoms with Crippen LogP contribution in [0.5, 0.6) is 11.5 Å². The second-order valence-electron chi connectivity index (χ2n) is 4.31. The van der Waals surface area contributed by atoms with Gasteiger partial charge in [-0.15, -0.1) is 0 Å². The quantitative estimate of drug-likeness (QED) is 0.731. The molecular weight excluding hydrogens is 234 g/mol. The smallest absolute Gasteiger partial charge is 0.124 e. The zero-order valence-corrected chi connectivity index (χ0v) is 11.4. The Morgan fingerprint density at radius 3 is 2.59 bits per heavy atom. The Bertz CT molecular complexity index is 357. The topological polar surface area (TPSA) is 52.5 Å². The van der Waals surface area contributed by atoms with Gasteiger partial charge in [0.2, 0.25) is 0 Å². The normalized spacial score (nSPS) is 14.5. The fourth-order valence-electron chi connectivity index (χ4n) is 1.79. The van der Waals surface area contributed by atoms with E-state index in [1.54, 1.807) is 12.1 Å². The minimum atomic E-state index is 0.0763. The first-order chi connectivity index (χ1) is 8.04. The Hall–Kier alpha value is -0.870. The van der Waals surface area contributed by atoms with Crippen molar-refractivity contribution in [2.75, 3.05) is 12.0 Å². The summed E-state index contributed by atoms with van der Waals surface area (Å²) in [6.45, 7) is 4.16. The largest absolute Gasteiger partial charge is 0.508 e. The van der Waals surface area contributed by atoms with E-state index in [4.69, 9.17) is 0 Å². The average Bonchev–Trinajstić information content (AvgIpc) is 2.26. The lowest BCUT2D eigenvalue weighted by Gasteiger charge is -2.21. The second kappa shape index (κ2) is 6.77. The molecule has 0 aromatic heterocycles. The van der Waals surface area contributed by atoms with Gasteiger partial charge in [0.25, 0.3) is 0 Å². The Morgan fingerprint density at radius 1 is 1.29 bits per heavy atom. The van der Waals surface area contributed by atoms with Gasteiger partial charge in [-0.3, -0.25) is 0 Å². The van der Waals surface area contributed by atoms with E-state index in [9.17, 15) is 10.2 Å². The van der Waals surface area contributed by atoms with E-state index in [0.717, 1.165) is 17.7 Å². The van der Waals surface area contributed by atoms with Crippen LogP contribution in [0.25, 0.3) is 0 Å². The van der Waals surface area contributed by atoms with Gasteiger partial charge in [0.05, 0.1) is 0 Å². The minimum Gasteiger partial charge on any atom is -0.508 e. The number of rotatable bonds is 6. The summed E-state index contributed by atoms with van der Waals surface area (Å²) in [6, 6.07) is 5.21. The maximum Gasteiger partial charge on any atom is 0.124 e. The van der Waals surface area contributed by atoms with Crippen LogP contribution in [-0.4, -0.2) is 28.3 Å². The van der Waals surface area contributed by atoms with Gasteiger partial charge < -0.3 is 15.5 Å². The molecule has 0 amide bonds. The van der Waals surface area contributed by atoms with Gasteiger partial charge in [-0.2, -0.15) is 11.8 Å². The van der Waals surface area contributed by atoms with Crippen molar-refractivity contribution in [2.24, 2.45) is 0 Å². The highest BCUT2D eigenvalue weighted by Crippen LogP contribution is 2.28. The highest BCUT2D eigenvalue weighted by molar-refractivity contribution is 7.98. The molecule has 3 N–H and O–H groups in total. The van der Waals surface area contributed by atoms with Crippen molar-refractivity contribution in [3.8, 4) is 11.5 Å². The number of phenolic OH excluding ortho intramolecular Hbond substituents is 2. The molecule has 17 heavy (non-hydrogen) atoms. The van der Waals surface area contributed by atoms with Gasteiger partial charge in [-0.25, -0.2) is 0 Å². The van der Waals surface area contributed by atoms with Crippen LogP contribution in [0.2, 0.25) is 0 Å². The summed E-state index contributed by atoms with van der Waals surface area (Å²) in [4.78, 5) is 0. The van der Waals surface area contributed by atoms with Crippen molar-refractivity contribution in [3.05, 3.63) is 23.8 Å². The maximum atomic E-state index is 9.75. The maximum absolute atomic E-state index is 9.75. The summed E-state index contributed by atoms with van der Waals surface area (Å²) in [5, 5.41) is 22.4. The van der Waals surface area contributed by atoms with Gasteiger partial charge in [0.1, 0.15) is 11.5 Å². The third-order valence-electron chi connectivity index (χ3n) is 2.77. The van der Waals surface area contributed by atoms with Crippen molar-refractivity contribution in [1.29, 1.82) is 0 Å². The number of hydrogen-bond acceptors (Lipinski definition) is 4. The molecule has 0 bridgehead atoms. The van der Waals surface area contributed by atoms with Crippen molar-refractivity contribution < 1.29 is 10.2 Å². The molecular formula is C13H21NO2S. The summed E-state index contributed by atoms with van der Waals surface area (Å²) >= 11 is 1.84. The first kappa shape index (κ1) is 14.2. The van der Waals surface area contributed by atoms with Crippen LogP contribution in [0.1, 0.15) is 31.9 Å². The molecule has 0 heterocycles. The third-order valence-corrected chi connectivity index (χ3v) is 3.41. The van der Waals surface area contributed by atoms with Crippen LogP contribution in [0.3, 0.4) is 0 Å². The highest BCUT2D eigenvalue weighted by Gasteiger charge is 2.13. The van der Waals surface area contributed by atoms with Gasteiger partial charge >= 0.3 is 0 Å². The lowest BCUT2D eigenvalue weighted by atomic mass is 10.1. The summed E-state index contributed by atoms with van der Waals surface area (Å²) in [7, 11) is 0. The molecule has 0 aliphatic rings. The van der Waals surface area contributed by atoms with Crippen molar-refractivity contribution in [2.45, 2.75) is 32.4 Å². The molecule has 0 spiro atoms. The van der Waals surface area contributed by atoms with E-state index in [2.05, 4.69) is 18.5 Å². The predicted molar refractivity (Wildman–Crippen MR) is 73.8 cm³/mol. The molecule has 1 aromatic carbocycles. The second-order valence-corrected chi connectivity index (χ2v) is 5.30. The third kappa shape index (κ3) is 4.48. The van der Waals surface area contributed by atoms with Gasteiger partial charge in [-0.1, -0.05) is 6.07 Å². The molecule has 0 aliphatic carbocycles. The van der Waals surface area contributed by atoms with Crippen LogP contribution in [-0.2, 0) is 0 Å². The number of hydrogen-bond donors (Lipinski definition) is 3. The van der Waals surface area contributed by atoms with E-state index in [1.165, 1.54) is 6.07 Å². The molecule has 4 heteroatoms. The van der Waals surface area contributed by atoms with E-state index in [1.807, 2.05) is 18.7 Å². The molecule has 3 nitrogen and oxygen atoms in total. The minimum absolute atomic E-state index is 0.0763. The van der Waals surface area contributed by atoms with E-state index >= 15 is 0 Å². The number of nitrogens with one attached hydrogen (secondary N) is 1. The Morgan fingerprint density at radius 2 is 2.00 bits per heavy atom. The monoisotopic (exact) mass is 255 g/mol. The van der Waals surface area contributed by atoms with Crippen LogP contribution in [0.4, 0.5) is 0 Å². The van der Waals surface area contributed by atoms with E-state index in [0.29, 0.717) is 6.04 Å². The predicted octanol–water partition coefficient (Wildman–Crippen LogP) is 2.89. The molecule has 0 radical (unpaired) electrons. The molecule has 2 atom stereocenters. The van der Waals surface area contributed by atoms with Crippen molar-refractivity contribution in [1.82, 2.24) is 5.32 Å². The zero-order valence-electron chi connectivity index (χ0n) is 10.6. The van der Waals surface area contributed by atoms with E-state index < -0.39 is 0 Å². The highest BCUT2D eigenvalue weighted by atomic mass is 32.2. The number of thioether (sulfide) groups is 1. The molecule has 0 aliphatic heterocycles. The first-order valence-corrected chi connectivity index (χ1v) is 7.20. The zero-order chi connectivity index (χ0) is 12.8. The van der Waals surface area contributed by atoms with Crippen molar-refractivity contribution in [3.63, 3.8) is 0 Å². The van der Waals surface area contributed by atoms with Gasteiger partial charge in [0.15, 0.2) is 0 Å². The molecule has 0 saturated carbocycles. The number of phenols is 2. The van der Waals surface area contributed by atoms with Crippen molar-refractivity contribution >= 4 is 11.8 Å². The van der Waals surface area contributed by atoms with Crippen LogP contribution < -0.4 is 5.32 Å². The van der Waals surface area contributed by atoms with Crippen LogP contribution in [0.15, 0.2) is 18.2 Å². The van der Waals surface area contributed by atoms with Gasteiger partial charge in [0, 0.05) is 23.7 Å².